The first kappa shape index (κ1) is 40.7. The van der Waals surface area contributed by atoms with Gasteiger partial charge in [-0.05, 0) is 118 Å². The zero-order valence-electron chi connectivity index (χ0n) is 38.6. The molecule has 4 heteroatoms. The molecule has 334 valence electrons. The minimum absolute atomic E-state index is 0.624. The average molecular weight is 909 g/mol. The molecular formula is C67H44N2O2. The Hall–Kier alpha value is -9.38. The highest BCUT2D eigenvalue weighted by Crippen LogP contribution is 2.64. The van der Waals surface area contributed by atoms with Gasteiger partial charge in [-0.3, -0.25) is 0 Å². The standard InChI is InChI=1S/C67H44N2O2/c1-3-17-45(18-4-1)47-33-37-49(38-34-47)68(50-39-35-48(36-40-50)46-19-5-2-6-20-46)51-41-43-52(44-42-51)69(61-29-15-23-54-53-21-8-12-30-62(53)71-66(54)61)60-28-16-27-59-65(60)55-22-7-9-24-56(55)67(59)57-25-10-13-31-63(57)70-64-32-14-11-26-58(64)67/h1-44H. The van der Waals surface area contributed by atoms with E-state index in [1.807, 2.05) is 6.07 Å². The lowest BCUT2D eigenvalue weighted by atomic mass is 9.66. The Labute approximate surface area is 412 Å². The molecule has 2 heterocycles. The van der Waals surface area contributed by atoms with Gasteiger partial charge in [0.2, 0.25) is 0 Å². The first-order valence-corrected chi connectivity index (χ1v) is 24.2. The molecular weight excluding hydrogens is 865 g/mol. The van der Waals surface area contributed by atoms with Crippen molar-refractivity contribution in [1.82, 2.24) is 0 Å². The number of furan rings is 1. The van der Waals surface area contributed by atoms with Crippen molar-refractivity contribution in [3.05, 3.63) is 289 Å². The van der Waals surface area contributed by atoms with E-state index in [-0.39, 0.29) is 0 Å². The fraction of sp³-hybridized carbons (Fsp3) is 0.0149. The molecule has 0 bridgehead atoms. The van der Waals surface area contributed by atoms with Gasteiger partial charge < -0.3 is 19.0 Å². The van der Waals surface area contributed by atoms with E-state index in [9.17, 15) is 0 Å². The van der Waals surface area contributed by atoms with Gasteiger partial charge in [0.15, 0.2) is 5.58 Å². The maximum atomic E-state index is 6.89. The lowest BCUT2D eigenvalue weighted by Crippen LogP contribution is -2.32. The second-order valence-corrected chi connectivity index (χ2v) is 18.4. The Morgan fingerprint density at radius 1 is 0.296 bits per heavy atom. The summed E-state index contributed by atoms with van der Waals surface area (Å²) in [4.78, 5) is 4.76. The molecule has 4 nitrogen and oxygen atoms in total. The molecule has 0 saturated carbocycles. The molecule has 0 fully saturated rings. The Morgan fingerprint density at radius 3 is 1.35 bits per heavy atom. The van der Waals surface area contributed by atoms with Crippen LogP contribution >= 0.6 is 0 Å². The summed E-state index contributed by atoms with van der Waals surface area (Å²) in [6.45, 7) is 0. The van der Waals surface area contributed by atoms with Crippen LogP contribution in [0, 0.1) is 0 Å². The number of nitrogens with zero attached hydrogens (tertiary/aromatic N) is 2. The molecule has 12 aromatic rings. The molecule has 1 aliphatic carbocycles. The van der Waals surface area contributed by atoms with Gasteiger partial charge in [0, 0.05) is 50.2 Å². The monoisotopic (exact) mass is 908 g/mol. The number of hydrogen-bond donors (Lipinski definition) is 0. The number of fused-ring (bicyclic) bond motifs is 12. The molecule has 2 aliphatic rings. The van der Waals surface area contributed by atoms with E-state index < -0.39 is 5.41 Å². The van der Waals surface area contributed by atoms with Crippen LogP contribution in [0.1, 0.15) is 22.3 Å². The second-order valence-electron chi connectivity index (χ2n) is 18.4. The molecule has 1 aromatic heterocycles. The third-order valence-electron chi connectivity index (χ3n) is 14.5. The molecule has 0 atom stereocenters. The second kappa shape index (κ2) is 16.4. The van der Waals surface area contributed by atoms with E-state index in [0.717, 1.165) is 78.7 Å². The average Bonchev–Trinajstić information content (AvgIpc) is 3.98. The highest BCUT2D eigenvalue weighted by atomic mass is 16.5. The molecule has 0 amide bonds. The number of anilines is 6. The van der Waals surface area contributed by atoms with Crippen LogP contribution < -0.4 is 14.5 Å². The summed E-state index contributed by atoms with van der Waals surface area (Å²) >= 11 is 0. The molecule has 1 spiro atoms. The summed E-state index contributed by atoms with van der Waals surface area (Å²) in [6, 6.07) is 95.6. The topological polar surface area (TPSA) is 28.9 Å². The van der Waals surface area contributed by atoms with E-state index in [2.05, 4.69) is 271 Å². The van der Waals surface area contributed by atoms with Crippen molar-refractivity contribution < 1.29 is 9.15 Å². The van der Waals surface area contributed by atoms with Gasteiger partial charge in [-0.2, -0.15) is 0 Å². The summed E-state index contributed by atoms with van der Waals surface area (Å²) in [6.07, 6.45) is 0. The number of hydrogen-bond acceptors (Lipinski definition) is 4. The SMILES string of the molecule is c1ccc(-c2ccc(N(c3ccc(-c4ccccc4)cc3)c3ccc(N(c4cccc5c4-c4ccccc4C54c5ccccc5Oc5ccccc54)c4cccc5c4oc4ccccc45)cc3)cc2)cc1. The lowest BCUT2D eigenvalue weighted by Gasteiger charge is -2.39. The van der Waals surface area contributed by atoms with Crippen molar-refractivity contribution in [2.75, 3.05) is 9.80 Å². The van der Waals surface area contributed by atoms with Gasteiger partial charge in [0.1, 0.15) is 17.1 Å². The van der Waals surface area contributed by atoms with Gasteiger partial charge in [0.25, 0.3) is 0 Å². The Balaban J connectivity index is 0.973. The van der Waals surface area contributed by atoms with E-state index in [0.29, 0.717) is 0 Å². The van der Waals surface area contributed by atoms with Gasteiger partial charge in [-0.1, -0.05) is 188 Å². The van der Waals surface area contributed by atoms with Gasteiger partial charge >= 0.3 is 0 Å². The molecule has 0 saturated heterocycles. The highest BCUT2D eigenvalue weighted by molar-refractivity contribution is 6.11. The van der Waals surface area contributed by atoms with Gasteiger partial charge in [-0.25, -0.2) is 0 Å². The molecule has 0 N–H and O–H groups in total. The molecule has 0 unspecified atom stereocenters. The lowest BCUT2D eigenvalue weighted by molar-refractivity contribution is 0.436. The Morgan fingerprint density at radius 2 is 0.732 bits per heavy atom. The van der Waals surface area contributed by atoms with Gasteiger partial charge in [0.05, 0.1) is 16.8 Å². The summed E-state index contributed by atoms with van der Waals surface area (Å²) in [5.41, 5.74) is 19.0. The largest absolute Gasteiger partial charge is 0.457 e. The predicted molar refractivity (Wildman–Crippen MR) is 291 cm³/mol. The van der Waals surface area contributed by atoms with Gasteiger partial charge in [-0.15, -0.1) is 0 Å². The fourth-order valence-electron chi connectivity index (χ4n) is 11.5. The quantitative estimate of drug-likeness (QED) is 0.152. The Kier molecular flexibility index (Phi) is 9.39. The first-order chi connectivity index (χ1) is 35.2. The zero-order chi connectivity index (χ0) is 46.9. The van der Waals surface area contributed by atoms with Crippen LogP contribution in [-0.4, -0.2) is 0 Å². The minimum Gasteiger partial charge on any atom is -0.457 e. The third-order valence-corrected chi connectivity index (χ3v) is 14.5. The van der Waals surface area contributed by atoms with Crippen molar-refractivity contribution in [1.29, 1.82) is 0 Å². The molecule has 0 radical (unpaired) electrons. The fourth-order valence-corrected chi connectivity index (χ4v) is 11.5. The number of benzene rings is 11. The maximum absolute atomic E-state index is 6.89. The van der Waals surface area contributed by atoms with E-state index in [1.165, 1.54) is 44.5 Å². The first-order valence-electron chi connectivity index (χ1n) is 24.2. The summed E-state index contributed by atoms with van der Waals surface area (Å²) < 4.78 is 13.6. The van der Waals surface area contributed by atoms with Crippen LogP contribution in [0.3, 0.4) is 0 Å². The van der Waals surface area contributed by atoms with Crippen molar-refractivity contribution in [2.45, 2.75) is 5.41 Å². The summed E-state index contributed by atoms with van der Waals surface area (Å²) in [7, 11) is 0. The Bertz CT molecular complexity index is 3830. The highest BCUT2D eigenvalue weighted by Gasteiger charge is 2.52. The van der Waals surface area contributed by atoms with Crippen LogP contribution in [0.4, 0.5) is 34.1 Å². The van der Waals surface area contributed by atoms with Crippen LogP contribution in [-0.2, 0) is 5.41 Å². The van der Waals surface area contributed by atoms with Crippen LogP contribution in [0.25, 0.3) is 55.3 Å². The molecule has 71 heavy (non-hydrogen) atoms. The summed E-state index contributed by atoms with van der Waals surface area (Å²) in [5, 5.41) is 2.16. The number of rotatable bonds is 8. The molecule has 11 aromatic carbocycles. The number of ether oxygens (including phenoxy) is 1. The number of para-hydroxylation sites is 4. The predicted octanol–water partition coefficient (Wildman–Crippen LogP) is 18.3. The summed E-state index contributed by atoms with van der Waals surface area (Å²) in [5.74, 6) is 1.74. The van der Waals surface area contributed by atoms with Crippen molar-refractivity contribution in [2.24, 2.45) is 0 Å². The smallest absolute Gasteiger partial charge is 0.159 e. The molecule has 14 rings (SSSR count). The molecule has 1 aliphatic heterocycles. The maximum Gasteiger partial charge on any atom is 0.159 e. The zero-order valence-corrected chi connectivity index (χ0v) is 38.6. The van der Waals surface area contributed by atoms with Crippen molar-refractivity contribution in [3.63, 3.8) is 0 Å². The van der Waals surface area contributed by atoms with Crippen molar-refractivity contribution >= 4 is 56.1 Å². The van der Waals surface area contributed by atoms with Crippen molar-refractivity contribution in [3.8, 4) is 44.9 Å². The minimum atomic E-state index is -0.624. The van der Waals surface area contributed by atoms with Crippen LogP contribution in [0.5, 0.6) is 11.5 Å². The normalized spacial score (nSPS) is 12.7. The van der Waals surface area contributed by atoms with E-state index in [4.69, 9.17) is 9.15 Å². The van der Waals surface area contributed by atoms with Crippen LogP contribution in [0.15, 0.2) is 271 Å². The van der Waals surface area contributed by atoms with Crippen LogP contribution in [0.2, 0.25) is 0 Å². The van der Waals surface area contributed by atoms with E-state index >= 15 is 0 Å². The van der Waals surface area contributed by atoms with E-state index in [1.54, 1.807) is 0 Å². The third kappa shape index (κ3) is 6.39.